The fraction of sp³-hybridized carbons (Fsp3) is 0. The van der Waals surface area contributed by atoms with Crippen LogP contribution in [0.3, 0.4) is 0 Å². The van der Waals surface area contributed by atoms with Gasteiger partial charge in [-0.2, -0.15) is 0 Å². The topological polar surface area (TPSA) is 145 Å². The Morgan fingerprint density at radius 1 is 0.769 bits per heavy atom. The Labute approximate surface area is 149 Å². The number of rotatable bonds is 5. The van der Waals surface area contributed by atoms with Crippen molar-refractivity contribution in [1.82, 2.24) is 0 Å². The second-order valence-corrected chi connectivity index (χ2v) is 9.07. The predicted octanol–water partition coefficient (Wildman–Crippen LogP) is 1.90. The molecule has 0 fully saturated rings. The molecular formula is C16H17O8PS. The number of fused-ring (bicyclic) bond motifs is 1. The van der Waals surface area contributed by atoms with Crippen LogP contribution in [0.4, 0.5) is 0 Å². The summed E-state index contributed by atoms with van der Waals surface area (Å²) in [4.78, 5) is 29.7. The first kappa shape index (κ1) is 20.2. The molecule has 0 aromatic heterocycles. The third kappa shape index (κ3) is 4.54. The molecule has 0 aliphatic heterocycles. The second kappa shape index (κ2) is 6.90. The Balaban J connectivity index is 0.00000243. The molecule has 0 aliphatic rings. The van der Waals surface area contributed by atoms with Crippen molar-refractivity contribution >= 4 is 28.6 Å². The van der Waals surface area contributed by atoms with Crippen LogP contribution >= 0.6 is 7.74 Å². The Hall–Kier alpha value is -2.10. The first-order valence-electron chi connectivity index (χ1n) is 7.11. The molecule has 140 valence electrons. The van der Waals surface area contributed by atoms with Crippen molar-refractivity contribution in [3.05, 3.63) is 72.8 Å². The van der Waals surface area contributed by atoms with Crippen LogP contribution in [-0.2, 0) is 14.1 Å². The third-order valence-corrected chi connectivity index (χ3v) is 6.46. The van der Waals surface area contributed by atoms with E-state index in [-0.39, 0.29) is 16.1 Å². The Kier molecular flexibility index (Phi) is 5.36. The fourth-order valence-electron chi connectivity index (χ4n) is 2.26. The van der Waals surface area contributed by atoms with Crippen LogP contribution in [0, 0.1) is 0 Å². The fourth-order valence-corrected chi connectivity index (χ4v) is 5.10. The van der Waals surface area contributed by atoms with Gasteiger partial charge in [-0.1, -0.05) is 0 Å². The van der Waals surface area contributed by atoms with Gasteiger partial charge in [0.25, 0.3) is 0 Å². The molecule has 10 heteroatoms. The minimum atomic E-state index is -6.45. The van der Waals surface area contributed by atoms with Crippen LogP contribution in [0.2, 0.25) is 0 Å². The summed E-state index contributed by atoms with van der Waals surface area (Å²) in [6.45, 7) is 0. The van der Waals surface area contributed by atoms with E-state index in [2.05, 4.69) is 3.97 Å². The van der Waals surface area contributed by atoms with E-state index in [0.717, 1.165) is 0 Å². The molecule has 0 unspecified atom stereocenters. The molecule has 3 aromatic rings. The van der Waals surface area contributed by atoms with Gasteiger partial charge in [0.1, 0.15) is 0 Å². The maximum atomic E-state index is 12.2. The van der Waals surface area contributed by atoms with E-state index < -0.39 is 17.9 Å². The van der Waals surface area contributed by atoms with Crippen LogP contribution in [0.5, 0.6) is 5.75 Å². The van der Waals surface area contributed by atoms with Gasteiger partial charge >= 0.3 is 144 Å². The van der Waals surface area contributed by atoms with Gasteiger partial charge in [0, 0.05) is 0 Å². The van der Waals surface area contributed by atoms with Gasteiger partial charge in [0.2, 0.25) is 0 Å². The molecule has 0 amide bonds. The van der Waals surface area contributed by atoms with E-state index in [4.69, 9.17) is 4.52 Å². The molecule has 0 spiro atoms. The summed E-state index contributed by atoms with van der Waals surface area (Å²) >= 11 is 0. The molecule has 26 heavy (non-hydrogen) atoms. The van der Waals surface area contributed by atoms with E-state index in [1.165, 1.54) is 30.3 Å². The average molecular weight is 400 g/mol. The zero-order valence-corrected chi connectivity index (χ0v) is 15.0. The molecule has 0 bridgehead atoms. The van der Waals surface area contributed by atoms with Crippen molar-refractivity contribution in [2.45, 2.75) is 4.90 Å². The quantitative estimate of drug-likeness (QED) is 0.555. The second-order valence-electron chi connectivity index (χ2n) is 5.24. The maximum absolute atomic E-state index is 12.2. The summed E-state index contributed by atoms with van der Waals surface area (Å²) in [6.07, 6.45) is 0. The van der Waals surface area contributed by atoms with Crippen molar-refractivity contribution < 1.29 is 37.1 Å². The van der Waals surface area contributed by atoms with Gasteiger partial charge in [-0.25, -0.2) is 0 Å². The first-order valence-corrected chi connectivity index (χ1v) is 10.4. The van der Waals surface area contributed by atoms with E-state index in [9.17, 15) is 23.1 Å². The Bertz CT molecular complexity index is 1010. The summed E-state index contributed by atoms with van der Waals surface area (Å²) in [5.41, 5.74) is 0. The molecule has 0 atom stereocenters. The molecule has 0 heterocycles. The summed E-state index contributed by atoms with van der Waals surface area (Å²) in [5, 5.41) is 1.13. The number of hydrogen-bond donors (Lipinski definition) is 3. The van der Waals surface area contributed by atoms with Crippen molar-refractivity contribution in [1.29, 1.82) is 0 Å². The zero-order valence-electron chi connectivity index (χ0n) is 13.3. The summed E-state index contributed by atoms with van der Waals surface area (Å²) < 4.78 is 33.5. The van der Waals surface area contributed by atoms with E-state index in [1.807, 2.05) is 0 Å². The van der Waals surface area contributed by atoms with Gasteiger partial charge in [0.05, 0.1) is 0 Å². The van der Waals surface area contributed by atoms with Crippen LogP contribution in [-0.4, -0.2) is 28.6 Å². The molecule has 8 nitrogen and oxygen atoms in total. The predicted molar refractivity (Wildman–Crippen MR) is 96.5 cm³/mol. The Morgan fingerprint density at radius 3 is 2.04 bits per heavy atom. The first-order chi connectivity index (χ1) is 11.6. The van der Waals surface area contributed by atoms with Crippen LogP contribution in [0.1, 0.15) is 0 Å². The summed E-state index contributed by atoms with van der Waals surface area (Å²) in [7, 11) is -11.1. The van der Waals surface area contributed by atoms with Crippen molar-refractivity contribution in [2.24, 2.45) is 0 Å². The minimum absolute atomic E-state index is 0. The van der Waals surface area contributed by atoms with Crippen LogP contribution in [0.25, 0.3) is 10.8 Å². The zero-order chi connectivity index (χ0) is 18.2. The number of hydrogen-bond acceptors (Lipinski definition) is 7. The van der Waals surface area contributed by atoms with Crippen molar-refractivity contribution in [3.8, 4) is 5.75 Å². The monoisotopic (exact) mass is 400 g/mol. The van der Waals surface area contributed by atoms with E-state index in [1.54, 1.807) is 42.5 Å². The van der Waals surface area contributed by atoms with Crippen LogP contribution < -0.4 is 4.52 Å². The van der Waals surface area contributed by atoms with Gasteiger partial charge in [-0.3, -0.25) is 0 Å². The van der Waals surface area contributed by atoms with Crippen LogP contribution in [0.15, 0.2) is 77.7 Å². The average Bonchev–Trinajstić information content (AvgIpc) is 2.54. The molecule has 0 saturated carbocycles. The standard InChI is InChI=1S/C16H15O7PS.H2O/c17-24(18,19,23-25(20,21)14-9-2-1-3-10-14)22-16-12-6-8-13-7-4-5-11-15(13)16;/h1-12,17-19H;1H2. The molecule has 0 radical (unpaired) electrons. The van der Waals surface area contributed by atoms with Crippen molar-refractivity contribution in [3.63, 3.8) is 0 Å². The van der Waals surface area contributed by atoms with Gasteiger partial charge < -0.3 is 5.48 Å². The molecule has 0 saturated heterocycles. The Morgan fingerprint density at radius 2 is 1.35 bits per heavy atom. The number of benzene rings is 3. The van der Waals surface area contributed by atoms with E-state index >= 15 is 0 Å². The third-order valence-electron chi connectivity index (χ3n) is 3.27. The van der Waals surface area contributed by atoms with Gasteiger partial charge in [0.15, 0.2) is 0 Å². The van der Waals surface area contributed by atoms with Gasteiger partial charge in [-0.15, -0.1) is 0 Å². The van der Waals surface area contributed by atoms with Crippen molar-refractivity contribution in [2.75, 3.05) is 0 Å². The molecule has 0 aliphatic carbocycles. The van der Waals surface area contributed by atoms with E-state index in [0.29, 0.717) is 10.8 Å². The van der Waals surface area contributed by atoms with Gasteiger partial charge in [-0.05, 0) is 0 Å². The molecule has 3 aromatic carbocycles. The SMILES string of the molecule is O.O=S(=O)(OP(O)(O)(O)Oc1cccc2ccccc12)c1ccccc1. The summed E-state index contributed by atoms with van der Waals surface area (Å²) in [6, 6.07) is 18.2. The molecular weight excluding hydrogens is 383 g/mol. The molecule has 5 N–H and O–H groups in total. The normalized spacial score (nSPS) is 13.4. The summed E-state index contributed by atoms with van der Waals surface area (Å²) in [5.74, 6) is -0.133. The molecule has 3 rings (SSSR count).